The van der Waals surface area contributed by atoms with Crippen molar-refractivity contribution in [3.05, 3.63) is 41.4 Å². The molecule has 1 aromatic carbocycles. The molecule has 0 atom stereocenters. The van der Waals surface area contributed by atoms with E-state index in [9.17, 15) is 0 Å². The molecule has 1 N–H and O–H groups in total. The van der Waals surface area contributed by atoms with E-state index >= 15 is 0 Å². The van der Waals surface area contributed by atoms with E-state index in [-0.39, 0.29) is 0 Å². The van der Waals surface area contributed by atoms with Crippen LogP contribution in [0.25, 0.3) is 10.2 Å². The van der Waals surface area contributed by atoms with Crippen LogP contribution < -0.4 is 5.32 Å². The summed E-state index contributed by atoms with van der Waals surface area (Å²) in [6.07, 6.45) is 5.34. The van der Waals surface area contributed by atoms with Crippen molar-refractivity contribution >= 4 is 21.6 Å². The molecule has 0 aliphatic rings. The summed E-state index contributed by atoms with van der Waals surface area (Å²) in [5, 5.41) is 4.56. The van der Waals surface area contributed by atoms with Gasteiger partial charge in [-0.25, -0.2) is 4.98 Å². The molecule has 2 aromatic rings. The second-order valence-electron chi connectivity index (χ2n) is 3.61. The first-order chi connectivity index (χ1) is 7.90. The SMILES string of the molecule is C/C=C/CCNCc1nc2ccccc2s1. The zero-order chi connectivity index (χ0) is 11.2. The van der Waals surface area contributed by atoms with Crippen molar-refractivity contribution in [1.82, 2.24) is 10.3 Å². The largest absolute Gasteiger partial charge is 0.310 e. The van der Waals surface area contributed by atoms with Crippen LogP contribution in [0, 0.1) is 0 Å². The number of aromatic nitrogens is 1. The maximum Gasteiger partial charge on any atom is 0.108 e. The predicted octanol–water partition coefficient (Wildman–Crippen LogP) is 3.35. The molecule has 16 heavy (non-hydrogen) atoms. The lowest BCUT2D eigenvalue weighted by Gasteiger charge is -1.98. The van der Waals surface area contributed by atoms with E-state index < -0.39 is 0 Å². The maximum absolute atomic E-state index is 4.57. The Bertz CT molecular complexity index is 440. The van der Waals surface area contributed by atoms with Gasteiger partial charge < -0.3 is 5.32 Å². The summed E-state index contributed by atoms with van der Waals surface area (Å²) in [5.74, 6) is 0. The van der Waals surface area contributed by atoms with E-state index in [1.165, 1.54) is 9.71 Å². The molecule has 0 radical (unpaired) electrons. The summed E-state index contributed by atoms with van der Waals surface area (Å²) in [6, 6.07) is 8.28. The Morgan fingerprint density at radius 1 is 1.38 bits per heavy atom. The summed E-state index contributed by atoms with van der Waals surface area (Å²) < 4.78 is 1.27. The number of hydrogen-bond acceptors (Lipinski definition) is 3. The quantitative estimate of drug-likeness (QED) is 0.631. The molecule has 3 heteroatoms. The monoisotopic (exact) mass is 232 g/mol. The zero-order valence-corrected chi connectivity index (χ0v) is 10.3. The number of nitrogens with zero attached hydrogens (tertiary/aromatic N) is 1. The van der Waals surface area contributed by atoms with Crippen LogP contribution in [0.2, 0.25) is 0 Å². The molecule has 0 amide bonds. The van der Waals surface area contributed by atoms with Gasteiger partial charge in [-0.1, -0.05) is 24.3 Å². The molecule has 84 valence electrons. The highest BCUT2D eigenvalue weighted by Crippen LogP contribution is 2.21. The van der Waals surface area contributed by atoms with Gasteiger partial charge in [0.15, 0.2) is 0 Å². The van der Waals surface area contributed by atoms with E-state index in [4.69, 9.17) is 0 Å². The van der Waals surface area contributed by atoms with Gasteiger partial charge in [-0.15, -0.1) is 11.3 Å². The van der Waals surface area contributed by atoms with E-state index in [1.54, 1.807) is 11.3 Å². The van der Waals surface area contributed by atoms with E-state index in [0.717, 1.165) is 25.0 Å². The van der Waals surface area contributed by atoms with Crippen molar-refractivity contribution in [2.45, 2.75) is 19.9 Å². The van der Waals surface area contributed by atoms with Gasteiger partial charge in [0.25, 0.3) is 0 Å². The molecule has 0 aliphatic heterocycles. The molecule has 0 saturated heterocycles. The fourth-order valence-corrected chi connectivity index (χ4v) is 2.48. The van der Waals surface area contributed by atoms with Gasteiger partial charge in [-0.3, -0.25) is 0 Å². The van der Waals surface area contributed by atoms with Crippen LogP contribution >= 0.6 is 11.3 Å². The van der Waals surface area contributed by atoms with Crippen molar-refractivity contribution in [3.8, 4) is 0 Å². The zero-order valence-electron chi connectivity index (χ0n) is 9.44. The van der Waals surface area contributed by atoms with Crippen molar-refractivity contribution in [2.24, 2.45) is 0 Å². The first kappa shape index (κ1) is 11.3. The average molecular weight is 232 g/mol. The number of para-hydroxylation sites is 1. The third kappa shape index (κ3) is 2.90. The molecule has 0 bridgehead atoms. The van der Waals surface area contributed by atoms with Crippen LogP contribution in [0.3, 0.4) is 0 Å². The van der Waals surface area contributed by atoms with Gasteiger partial charge in [0.2, 0.25) is 0 Å². The van der Waals surface area contributed by atoms with Crippen molar-refractivity contribution in [3.63, 3.8) is 0 Å². The first-order valence-corrected chi connectivity index (χ1v) is 6.38. The van der Waals surface area contributed by atoms with Gasteiger partial charge in [0, 0.05) is 6.54 Å². The summed E-state index contributed by atoms with van der Waals surface area (Å²) in [4.78, 5) is 4.57. The van der Waals surface area contributed by atoms with E-state index in [1.807, 2.05) is 13.0 Å². The van der Waals surface area contributed by atoms with Crippen molar-refractivity contribution in [2.75, 3.05) is 6.54 Å². The summed E-state index contributed by atoms with van der Waals surface area (Å²) >= 11 is 1.77. The fraction of sp³-hybridized carbons (Fsp3) is 0.308. The molecule has 2 nitrogen and oxygen atoms in total. The molecule has 1 heterocycles. The predicted molar refractivity (Wildman–Crippen MR) is 70.8 cm³/mol. The van der Waals surface area contributed by atoms with Crippen LogP contribution in [0.5, 0.6) is 0 Å². The maximum atomic E-state index is 4.57. The molecule has 0 saturated carbocycles. The number of hydrogen-bond donors (Lipinski definition) is 1. The minimum Gasteiger partial charge on any atom is -0.310 e. The molecule has 0 spiro atoms. The lowest BCUT2D eigenvalue weighted by molar-refractivity contribution is 0.693. The lowest BCUT2D eigenvalue weighted by atomic mass is 10.3. The Morgan fingerprint density at radius 3 is 3.06 bits per heavy atom. The highest BCUT2D eigenvalue weighted by Gasteiger charge is 2.01. The van der Waals surface area contributed by atoms with E-state index in [0.29, 0.717) is 0 Å². The average Bonchev–Trinajstić information content (AvgIpc) is 2.71. The molecular weight excluding hydrogens is 216 g/mol. The summed E-state index contributed by atoms with van der Waals surface area (Å²) in [6.45, 7) is 3.94. The molecule has 2 rings (SSSR count). The van der Waals surface area contributed by atoms with Crippen LogP contribution in [-0.2, 0) is 6.54 Å². The highest BCUT2D eigenvalue weighted by molar-refractivity contribution is 7.18. The molecule has 0 aliphatic carbocycles. The van der Waals surface area contributed by atoms with Gasteiger partial charge >= 0.3 is 0 Å². The number of rotatable bonds is 5. The standard InChI is InChI=1S/C13H16N2S/c1-2-3-6-9-14-10-13-15-11-7-4-5-8-12(11)16-13/h2-5,7-8,14H,6,9-10H2,1H3/b3-2+. The minimum atomic E-state index is 0.872. The third-order valence-electron chi connectivity index (χ3n) is 2.34. The number of thiazole rings is 1. The van der Waals surface area contributed by atoms with Gasteiger partial charge in [0.05, 0.1) is 10.2 Å². The third-order valence-corrected chi connectivity index (χ3v) is 3.37. The molecule has 0 fully saturated rings. The minimum absolute atomic E-state index is 0.872. The normalized spacial score (nSPS) is 11.6. The van der Waals surface area contributed by atoms with Crippen LogP contribution in [0.15, 0.2) is 36.4 Å². The fourth-order valence-electron chi connectivity index (χ4n) is 1.54. The van der Waals surface area contributed by atoms with Gasteiger partial charge in [-0.05, 0) is 32.0 Å². The smallest absolute Gasteiger partial charge is 0.108 e. The molecule has 0 unspecified atom stereocenters. The van der Waals surface area contributed by atoms with Crippen molar-refractivity contribution < 1.29 is 0 Å². The van der Waals surface area contributed by atoms with Crippen molar-refractivity contribution in [1.29, 1.82) is 0 Å². The second kappa shape index (κ2) is 5.77. The number of allylic oxidation sites excluding steroid dienone is 1. The number of fused-ring (bicyclic) bond motifs is 1. The topological polar surface area (TPSA) is 24.9 Å². The second-order valence-corrected chi connectivity index (χ2v) is 4.73. The van der Waals surface area contributed by atoms with Crippen LogP contribution in [-0.4, -0.2) is 11.5 Å². The number of nitrogens with one attached hydrogen (secondary N) is 1. The Labute approximate surface area is 100 Å². The summed E-state index contributed by atoms with van der Waals surface area (Å²) in [5.41, 5.74) is 1.11. The Kier molecular flexibility index (Phi) is 4.08. The van der Waals surface area contributed by atoms with Gasteiger partial charge in [0.1, 0.15) is 5.01 Å². The summed E-state index contributed by atoms with van der Waals surface area (Å²) in [7, 11) is 0. The molecular formula is C13H16N2S. The lowest BCUT2D eigenvalue weighted by Crippen LogP contribution is -2.13. The van der Waals surface area contributed by atoms with Gasteiger partial charge in [-0.2, -0.15) is 0 Å². The Morgan fingerprint density at radius 2 is 2.25 bits per heavy atom. The number of benzene rings is 1. The Hall–Kier alpha value is -1.19. The molecule has 1 aromatic heterocycles. The Balaban J connectivity index is 1.89. The first-order valence-electron chi connectivity index (χ1n) is 5.56. The van der Waals surface area contributed by atoms with E-state index in [2.05, 4.69) is 40.7 Å². The van der Waals surface area contributed by atoms with Crippen LogP contribution in [0.4, 0.5) is 0 Å². The van der Waals surface area contributed by atoms with Crippen LogP contribution in [0.1, 0.15) is 18.4 Å². The highest BCUT2D eigenvalue weighted by atomic mass is 32.1.